The SMILES string of the molecule is CCC.CCCCN(CCCCN1CCCCC1)C(C)=O. The lowest BCUT2D eigenvalue weighted by molar-refractivity contribution is -0.129. The minimum absolute atomic E-state index is 0.237. The number of piperidine rings is 1. The van der Waals surface area contributed by atoms with Crippen molar-refractivity contribution in [1.29, 1.82) is 0 Å². The minimum Gasteiger partial charge on any atom is -0.343 e. The third-order valence-electron chi connectivity index (χ3n) is 3.83. The van der Waals surface area contributed by atoms with Crippen molar-refractivity contribution in [2.24, 2.45) is 0 Å². The van der Waals surface area contributed by atoms with Gasteiger partial charge in [0.15, 0.2) is 0 Å². The van der Waals surface area contributed by atoms with E-state index in [1.807, 2.05) is 4.90 Å². The van der Waals surface area contributed by atoms with Crippen molar-refractivity contribution >= 4 is 5.91 Å². The van der Waals surface area contributed by atoms with Gasteiger partial charge in [0.1, 0.15) is 0 Å². The van der Waals surface area contributed by atoms with Crippen LogP contribution in [-0.4, -0.2) is 48.4 Å². The molecule has 1 fully saturated rings. The van der Waals surface area contributed by atoms with E-state index in [4.69, 9.17) is 0 Å². The Morgan fingerprint density at radius 1 is 0.952 bits per heavy atom. The van der Waals surface area contributed by atoms with Gasteiger partial charge in [0.05, 0.1) is 0 Å². The third-order valence-corrected chi connectivity index (χ3v) is 3.83. The molecule has 0 spiro atoms. The quantitative estimate of drug-likeness (QED) is 0.623. The van der Waals surface area contributed by atoms with Gasteiger partial charge >= 0.3 is 0 Å². The molecule has 21 heavy (non-hydrogen) atoms. The molecule has 1 heterocycles. The first-order chi connectivity index (χ1) is 10.2. The van der Waals surface area contributed by atoms with Crippen LogP contribution in [0.25, 0.3) is 0 Å². The second-order valence-corrected chi connectivity index (χ2v) is 6.18. The topological polar surface area (TPSA) is 23.6 Å². The zero-order valence-corrected chi connectivity index (χ0v) is 15.0. The zero-order chi connectivity index (χ0) is 15.9. The lowest BCUT2D eigenvalue weighted by atomic mass is 10.1. The first kappa shape index (κ1) is 20.4. The molecule has 1 saturated heterocycles. The molecule has 3 heteroatoms. The monoisotopic (exact) mass is 298 g/mol. The van der Waals surface area contributed by atoms with E-state index in [0.29, 0.717) is 0 Å². The Hall–Kier alpha value is -0.570. The fourth-order valence-corrected chi connectivity index (χ4v) is 2.60. The Labute approximate surface area is 133 Å². The standard InChI is InChI=1S/C15H30N2O.C3H8/c1-3-4-13-17(15(2)18)14-9-8-12-16-10-6-5-7-11-16;1-3-2/h3-14H2,1-2H3;3H2,1-2H3. The van der Waals surface area contributed by atoms with Crippen LogP contribution in [0.1, 0.15) is 79.1 Å². The smallest absolute Gasteiger partial charge is 0.219 e. The molecule has 0 aromatic heterocycles. The van der Waals surface area contributed by atoms with Gasteiger partial charge in [-0.25, -0.2) is 0 Å². The van der Waals surface area contributed by atoms with E-state index >= 15 is 0 Å². The fraction of sp³-hybridized carbons (Fsp3) is 0.944. The van der Waals surface area contributed by atoms with E-state index in [1.54, 1.807) is 6.92 Å². The highest BCUT2D eigenvalue weighted by Crippen LogP contribution is 2.09. The summed E-state index contributed by atoms with van der Waals surface area (Å²) < 4.78 is 0. The number of hydrogen-bond donors (Lipinski definition) is 0. The van der Waals surface area contributed by atoms with Crippen molar-refractivity contribution in [2.75, 3.05) is 32.7 Å². The number of amides is 1. The van der Waals surface area contributed by atoms with Gasteiger partial charge in [-0.3, -0.25) is 4.79 Å². The number of unbranched alkanes of at least 4 members (excludes halogenated alkanes) is 2. The maximum absolute atomic E-state index is 11.5. The Morgan fingerprint density at radius 2 is 1.52 bits per heavy atom. The molecule has 0 atom stereocenters. The molecule has 126 valence electrons. The van der Waals surface area contributed by atoms with Crippen LogP contribution < -0.4 is 0 Å². The molecule has 0 aliphatic carbocycles. The summed E-state index contributed by atoms with van der Waals surface area (Å²) in [6.07, 6.45) is 10.1. The molecule has 1 amide bonds. The maximum Gasteiger partial charge on any atom is 0.219 e. The van der Waals surface area contributed by atoms with Crippen LogP contribution in [0.4, 0.5) is 0 Å². The van der Waals surface area contributed by atoms with E-state index in [1.165, 1.54) is 51.7 Å². The molecule has 0 unspecified atom stereocenters. The van der Waals surface area contributed by atoms with E-state index < -0.39 is 0 Å². The summed E-state index contributed by atoms with van der Waals surface area (Å²) in [6, 6.07) is 0. The van der Waals surface area contributed by atoms with Crippen LogP contribution in [0, 0.1) is 0 Å². The number of nitrogens with zero attached hydrogens (tertiary/aromatic N) is 2. The van der Waals surface area contributed by atoms with Gasteiger partial charge < -0.3 is 9.80 Å². The molecule has 1 rings (SSSR count). The molecule has 1 aliphatic rings. The first-order valence-electron chi connectivity index (χ1n) is 9.13. The average molecular weight is 299 g/mol. The van der Waals surface area contributed by atoms with Gasteiger partial charge in [-0.2, -0.15) is 0 Å². The van der Waals surface area contributed by atoms with Gasteiger partial charge in [0.25, 0.3) is 0 Å². The summed E-state index contributed by atoms with van der Waals surface area (Å²) in [5.41, 5.74) is 0. The predicted octanol–water partition coefficient (Wildman–Crippen LogP) is 4.32. The minimum atomic E-state index is 0.237. The lowest BCUT2D eigenvalue weighted by Crippen LogP contribution is -2.33. The van der Waals surface area contributed by atoms with Gasteiger partial charge in [0, 0.05) is 20.0 Å². The Kier molecular flexibility index (Phi) is 14.0. The first-order valence-corrected chi connectivity index (χ1v) is 9.13. The normalized spacial score (nSPS) is 15.2. The molecule has 0 bridgehead atoms. The van der Waals surface area contributed by atoms with Crippen molar-refractivity contribution in [3.05, 3.63) is 0 Å². The summed E-state index contributed by atoms with van der Waals surface area (Å²) in [4.78, 5) is 16.1. The van der Waals surface area contributed by atoms with Crippen LogP contribution >= 0.6 is 0 Å². The highest BCUT2D eigenvalue weighted by Gasteiger charge is 2.10. The summed E-state index contributed by atoms with van der Waals surface area (Å²) in [7, 11) is 0. The second-order valence-electron chi connectivity index (χ2n) is 6.18. The fourth-order valence-electron chi connectivity index (χ4n) is 2.60. The number of carbonyl (C=O) groups excluding carboxylic acids is 1. The third kappa shape index (κ3) is 11.7. The number of likely N-dealkylation sites (tertiary alicyclic amines) is 1. The highest BCUT2D eigenvalue weighted by molar-refractivity contribution is 5.73. The molecule has 0 saturated carbocycles. The molecule has 0 N–H and O–H groups in total. The molecular formula is C18H38N2O. The number of rotatable bonds is 8. The van der Waals surface area contributed by atoms with E-state index in [9.17, 15) is 4.79 Å². The predicted molar refractivity (Wildman–Crippen MR) is 92.7 cm³/mol. The van der Waals surface area contributed by atoms with Crippen LogP contribution in [0.5, 0.6) is 0 Å². The molecule has 0 radical (unpaired) electrons. The van der Waals surface area contributed by atoms with Crippen molar-refractivity contribution < 1.29 is 4.79 Å². The molecular weight excluding hydrogens is 260 g/mol. The number of carbonyl (C=O) groups is 1. The second kappa shape index (κ2) is 14.4. The van der Waals surface area contributed by atoms with Gasteiger partial charge in [-0.1, -0.05) is 40.0 Å². The van der Waals surface area contributed by atoms with Crippen LogP contribution in [-0.2, 0) is 4.79 Å². The Bertz CT molecular complexity index is 237. The molecule has 3 nitrogen and oxygen atoms in total. The van der Waals surface area contributed by atoms with Gasteiger partial charge in [-0.15, -0.1) is 0 Å². The van der Waals surface area contributed by atoms with Crippen LogP contribution in [0.2, 0.25) is 0 Å². The maximum atomic E-state index is 11.5. The van der Waals surface area contributed by atoms with Crippen molar-refractivity contribution in [2.45, 2.75) is 79.1 Å². The average Bonchev–Trinajstić information content (AvgIpc) is 2.48. The Balaban J connectivity index is 0.00000122. The van der Waals surface area contributed by atoms with Crippen molar-refractivity contribution in [3.63, 3.8) is 0 Å². The van der Waals surface area contributed by atoms with E-state index in [-0.39, 0.29) is 5.91 Å². The van der Waals surface area contributed by atoms with Crippen LogP contribution in [0.15, 0.2) is 0 Å². The molecule has 0 aromatic carbocycles. The van der Waals surface area contributed by atoms with Gasteiger partial charge in [0.2, 0.25) is 5.91 Å². The zero-order valence-electron chi connectivity index (χ0n) is 15.0. The lowest BCUT2D eigenvalue weighted by Gasteiger charge is -2.27. The van der Waals surface area contributed by atoms with Crippen LogP contribution in [0.3, 0.4) is 0 Å². The molecule has 1 aliphatic heterocycles. The number of hydrogen-bond acceptors (Lipinski definition) is 2. The van der Waals surface area contributed by atoms with Crippen molar-refractivity contribution in [3.8, 4) is 0 Å². The highest BCUT2D eigenvalue weighted by atomic mass is 16.2. The van der Waals surface area contributed by atoms with E-state index in [2.05, 4.69) is 25.7 Å². The van der Waals surface area contributed by atoms with E-state index in [0.717, 1.165) is 32.4 Å². The Morgan fingerprint density at radius 3 is 2.05 bits per heavy atom. The largest absolute Gasteiger partial charge is 0.343 e. The summed E-state index contributed by atoms with van der Waals surface area (Å²) >= 11 is 0. The van der Waals surface area contributed by atoms with Gasteiger partial charge in [-0.05, 0) is 51.7 Å². The summed E-state index contributed by atoms with van der Waals surface area (Å²) in [5.74, 6) is 0.237. The van der Waals surface area contributed by atoms with Crippen molar-refractivity contribution in [1.82, 2.24) is 9.80 Å². The summed E-state index contributed by atoms with van der Waals surface area (Å²) in [6.45, 7) is 13.8. The summed E-state index contributed by atoms with van der Waals surface area (Å²) in [5, 5.41) is 0. The molecule has 0 aromatic rings.